The van der Waals surface area contributed by atoms with Crippen molar-refractivity contribution in [2.45, 2.75) is 26.4 Å². The minimum atomic E-state index is -4.62. The van der Waals surface area contributed by atoms with E-state index in [4.69, 9.17) is 0 Å². The third-order valence-electron chi connectivity index (χ3n) is 1.80. The fraction of sp³-hybridized carbons (Fsp3) is 0.444. The van der Waals surface area contributed by atoms with E-state index in [1.165, 1.54) is 0 Å². The lowest BCUT2D eigenvalue weighted by molar-refractivity contribution is -0.141. The highest BCUT2D eigenvalue weighted by molar-refractivity contribution is 5.94. The number of ketones is 1. The summed E-state index contributed by atoms with van der Waals surface area (Å²) in [6.45, 7) is 2.70. The molecule has 6 heteroatoms. The van der Waals surface area contributed by atoms with Crippen molar-refractivity contribution in [3.05, 3.63) is 23.3 Å². The van der Waals surface area contributed by atoms with Gasteiger partial charge in [-0.2, -0.15) is 13.2 Å². The monoisotopic (exact) mass is 218 g/mol. The van der Waals surface area contributed by atoms with E-state index < -0.39 is 23.2 Å². The Kier molecular flexibility index (Phi) is 3.06. The van der Waals surface area contributed by atoms with Gasteiger partial charge in [-0.1, -0.05) is 6.92 Å². The van der Waals surface area contributed by atoms with Gasteiger partial charge in [-0.05, 0) is 6.92 Å². The number of hydrogen-bond acceptors (Lipinski definition) is 3. The van der Waals surface area contributed by atoms with Gasteiger partial charge in [0.25, 0.3) is 0 Å². The summed E-state index contributed by atoms with van der Waals surface area (Å²) in [6.07, 6.45) is -3.40. The molecular formula is C9H9F3N2O. The maximum atomic E-state index is 12.5. The van der Waals surface area contributed by atoms with E-state index in [1.807, 2.05) is 0 Å². The van der Waals surface area contributed by atoms with Crippen LogP contribution in [0.25, 0.3) is 0 Å². The summed E-state index contributed by atoms with van der Waals surface area (Å²) in [6, 6.07) is 0. The molecule has 0 aromatic carbocycles. The van der Waals surface area contributed by atoms with Crippen LogP contribution in [0.5, 0.6) is 0 Å². The lowest BCUT2D eigenvalue weighted by atomic mass is 10.1. The van der Waals surface area contributed by atoms with Crippen LogP contribution in [-0.2, 0) is 12.6 Å². The fourth-order valence-electron chi connectivity index (χ4n) is 1.06. The second kappa shape index (κ2) is 3.96. The molecule has 0 aliphatic heterocycles. The van der Waals surface area contributed by atoms with Crippen molar-refractivity contribution in [2.24, 2.45) is 0 Å². The molecule has 0 aliphatic rings. The molecule has 0 N–H and O–H groups in total. The van der Waals surface area contributed by atoms with Gasteiger partial charge in [0.1, 0.15) is 5.82 Å². The lowest BCUT2D eigenvalue weighted by Crippen LogP contribution is -2.16. The number of aromatic nitrogens is 2. The molecule has 1 heterocycles. The maximum absolute atomic E-state index is 12.5. The quantitative estimate of drug-likeness (QED) is 0.715. The SMILES string of the molecule is CCc1ncc(C(C)=O)c(C(F)(F)F)n1. The van der Waals surface area contributed by atoms with Crippen LogP contribution in [0.3, 0.4) is 0 Å². The van der Waals surface area contributed by atoms with Gasteiger partial charge in [-0.15, -0.1) is 0 Å². The third kappa shape index (κ3) is 2.51. The highest BCUT2D eigenvalue weighted by atomic mass is 19.4. The molecule has 0 amide bonds. The minimum Gasteiger partial charge on any atom is -0.294 e. The Balaban J connectivity index is 3.36. The Morgan fingerprint density at radius 2 is 2.07 bits per heavy atom. The van der Waals surface area contributed by atoms with E-state index in [0.717, 1.165) is 13.1 Å². The maximum Gasteiger partial charge on any atom is 0.434 e. The minimum absolute atomic E-state index is 0.0762. The van der Waals surface area contributed by atoms with Gasteiger partial charge in [0.2, 0.25) is 0 Å². The first kappa shape index (κ1) is 11.6. The zero-order valence-corrected chi connectivity index (χ0v) is 8.22. The van der Waals surface area contributed by atoms with Crippen LogP contribution in [0, 0.1) is 0 Å². The molecule has 0 bridgehead atoms. The molecule has 0 saturated carbocycles. The number of nitrogens with zero attached hydrogens (tertiary/aromatic N) is 2. The zero-order valence-electron chi connectivity index (χ0n) is 8.22. The van der Waals surface area contributed by atoms with Crippen LogP contribution >= 0.6 is 0 Å². The van der Waals surface area contributed by atoms with E-state index in [-0.39, 0.29) is 5.82 Å². The topological polar surface area (TPSA) is 42.9 Å². The van der Waals surface area contributed by atoms with Crippen molar-refractivity contribution in [3.8, 4) is 0 Å². The van der Waals surface area contributed by atoms with Gasteiger partial charge < -0.3 is 0 Å². The Morgan fingerprint density at radius 3 is 2.47 bits per heavy atom. The van der Waals surface area contributed by atoms with Crippen molar-refractivity contribution in [1.82, 2.24) is 9.97 Å². The first-order valence-electron chi connectivity index (χ1n) is 4.30. The molecule has 1 rings (SSSR count). The summed E-state index contributed by atoms with van der Waals surface area (Å²) < 4.78 is 37.4. The third-order valence-corrected chi connectivity index (χ3v) is 1.80. The summed E-state index contributed by atoms with van der Waals surface area (Å²) in [5.41, 5.74) is -1.64. The molecule has 3 nitrogen and oxygen atoms in total. The van der Waals surface area contributed by atoms with Crippen molar-refractivity contribution in [3.63, 3.8) is 0 Å². The predicted octanol–water partition coefficient (Wildman–Crippen LogP) is 2.26. The Bertz CT molecular complexity index is 387. The number of Topliss-reactive ketones (excluding diaryl/α,β-unsaturated/α-hetero) is 1. The summed E-state index contributed by atoms with van der Waals surface area (Å²) in [5, 5.41) is 0. The van der Waals surface area contributed by atoms with Crippen molar-refractivity contribution in [2.75, 3.05) is 0 Å². The summed E-state index contributed by atoms with van der Waals surface area (Å²) in [4.78, 5) is 17.9. The standard InChI is InChI=1S/C9H9F3N2O/c1-3-7-13-4-6(5(2)15)8(14-7)9(10,11)12/h4H,3H2,1-2H3. The Morgan fingerprint density at radius 1 is 1.47 bits per heavy atom. The molecule has 0 atom stereocenters. The molecule has 0 aliphatic carbocycles. The summed E-state index contributed by atoms with van der Waals surface area (Å²) in [5.74, 6) is -0.614. The van der Waals surface area contributed by atoms with Gasteiger partial charge >= 0.3 is 6.18 Å². The number of carbonyl (C=O) groups excluding carboxylic acids is 1. The smallest absolute Gasteiger partial charge is 0.294 e. The fourth-order valence-corrected chi connectivity index (χ4v) is 1.06. The van der Waals surface area contributed by atoms with Crippen LogP contribution < -0.4 is 0 Å². The zero-order chi connectivity index (χ0) is 11.6. The van der Waals surface area contributed by atoms with Crippen molar-refractivity contribution < 1.29 is 18.0 Å². The largest absolute Gasteiger partial charge is 0.434 e. The van der Waals surface area contributed by atoms with Gasteiger partial charge in [-0.25, -0.2) is 9.97 Å². The normalized spacial score (nSPS) is 11.5. The van der Waals surface area contributed by atoms with Crippen LogP contribution in [-0.4, -0.2) is 15.8 Å². The van der Waals surface area contributed by atoms with Crippen LogP contribution in [0.15, 0.2) is 6.20 Å². The number of alkyl halides is 3. The van der Waals surface area contributed by atoms with Crippen LogP contribution in [0.2, 0.25) is 0 Å². The Labute approximate surface area is 84.4 Å². The number of aryl methyl sites for hydroxylation is 1. The first-order valence-corrected chi connectivity index (χ1v) is 4.30. The number of rotatable bonds is 2. The Hall–Kier alpha value is -1.46. The van der Waals surface area contributed by atoms with E-state index in [0.29, 0.717) is 6.42 Å². The number of halogens is 3. The molecule has 0 fully saturated rings. The summed E-state index contributed by atoms with van der Waals surface area (Å²) >= 11 is 0. The van der Waals surface area contributed by atoms with Crippen molar-refractivity contribution >= 4 is 5.78 Å². The predicted molar refractivity (Wildman–Crippen MR) is 46.4 cm³/mol. The molecule has 15 heavy (non-hydrogen) atoms. The van der Waals surface area contributed by atoms with E-state index in [9.17, 15) is 18.0 Å². The first-order chi connectivity index (χ1) is 6.86. The van der Waals surface area contributed by atoms with E-state index in [2.05, 4.69) is 9.97 Å². The summed E-state index contributed by atoms with van der Waals surface area (Å²) in [7, 11) is 0. The molecule has 0 radical (unpaired) electrons. The van der Waals surface area contributed by atoms with Crippen molar-refractivity contribution in [1.29, 1.82) is 0 Å². The van der Waals surface area contributed by atoms with E-state index >= 15 is 0 Å². The number of carbonyl (C=O) groups is 1. The highest BCUT2D eigenvalue weighted by Gasteiger charge is 2.37. The second-order valence-corrected chi connectivity index (χ2v) is 2.96. The average molecular weight is 218 g/mol. The highest BCUT2D eigenvalue weighted by Crippen LogP contribution is 2.30. The van der Waals surface area contributed by atoms with Crippen LogP contribution in [0.1, 0.15) is 35.7 Å². The van der Waals surface area contributed by atoms with Gasteiger partial charge in [-0.3, -0.25) is 4.79 Å². The number of hydrogen-bond donors (Lipinski definition) is 0. The van der Waals surface area contributed by atoms with Gasteiger partial charge in [0.15, 0.2) is 11.5 Å². The lowest BCUT2D eigenvalue weighted by Gasteiger charge is -2.10. The average Bonchev–Trinajstić information content (AvgIpc) is 2.15. The molecule has 0 spiro atoms. The van der Waals surface area contributed by atoms with E-state index in [1.54, 1.807) is 6.92 Å². The molecule has 1 aromatic rings. The molecule has 0 unspecified atom stereocenters. The van der Waals surface area contributed by atoms with Gasteiger partial charge in [0, 0.05) is 12.6 Å². The molecule has 1 aromatic heterocycles. The molecular weight excluding hydrogens is 209 g/mol. The molecule has 82 valence electrons. The van der Waals surface area contributed by atoms with Crippen LogP contribution in [0.4, 0.5) is 13.2 Å². The molecule has 0 saturated heterocycles. The van der Waals surface area contributed by atoms with Gasteiger partial charge in [0.05, 0.1) is 5.56 Å². The second-order valence-electron chi connectivity index (χ2n) is 2.96.